The molecular weight excluding hydrogens is 376 g/mol. The van der Waals surface area contributed by atoms with E-state index < -0.39 is 0 Å². The van der Waals surface area contributed by atoms with E-state index in [1.165, 1.54) is 12.0 Å². The Morgan fingerprint density at radius 3 is 2.70 bits per heavy atom. The van der Waals surface area contributed by atoms with Crippen LogP contribution in [0.3, 0.4) is 0 Å². The Kier molecular flexibility index (Phi) is 6.54. The highest BCUT2D eigenvalue weighted by Gasteiger charge is 2.42. The van der Waals surface area contributed by atoms with Gasteiger partial charge >= 0.3 is 0 Å². The van der Waals surface area contributed by atoms with Crippen molar-refractivity contribution in [1.82, 2.24) is 20.0 Å². The first-order valence-electron chi connectivity index (χ1n) is 11.3. The largest absolute Gasteiger partial charge is 0.370 e. The van der Waals surface area contributed by atoms with Gasteiger partial charge in [-0.1, -0.05) is 37.3 Å². The Morgan fingerprint density at radius 2 is 2.00 bits per heavy atom. The molecule has 1 spiro atoms. The minimum atomic E-state index is -0.123. The van der Waals surface area contributed by atoms with Crippen LogP contribution in [0, 0.1) is 0 Å². The van der Waals surface area contributed by atoms with Gasteiger partial charge in [0.25, 0.3) is 5.91 Å². The van der Waals surface area contributed by atoms with E-state index >= 15 is 0 Å². The van der Waals surface area contributed by atoms with Crippen LogP contribution in [0.15, 0.2) is 42.6 Å². The number of nitrogens with zero attached hydrogens (tertiary/aromatic N) is 3. The zero-order valence-corrected chi connectivity index (χ0v) is 18.2. The number of amides is 1. The van der Waals surface area contributed by atoms with E-state index in [1.807, 2.05) is 7.05 Å². The van der Waals surface area contributed by atoms with Gasteiger partial charge < -0.3 is 15.0 Å². The number of hydrogen-bond acceptors (Lipinski definition) is 4. The summed E-state index contributed by atoms with van der Waals surface area (Å²) in [6.45, 7) is 6.25. The number of aryl methyl sites for hydroxylation is 1. The zero-order valence-electron chi connectivity index (χ0n) is 18.2. The quantitative estimate of drug-likeness (QED) is 0.760. The van der Waals surface area contributed by atoms with Crippen molar-refractivity contribution >= 4 is 5.91 Å². The number of nitrogens with one attached hydrogen (secondary N) is 1. The van der Waals surface area contributed by atoms with Crippen LogP contribution in [-0.4, -0.2) is 58.5 Å². The molecule has 0 aliphatic carbocycles. The van der Waals surface area contributed by atoms with Crippen molar-refractivity contribution in [3.63, 3.8) is 0 Å². The van der Waals surface area contributed by atoms with Gasteiger partial charge in [0.05, 0.1) is 11.7 Å². The molecule has 1 amide bonds. The maximum Gasteiger partial charge on any atom is 0.271 e. The van der Waals surface area contributed by atoms with Crippen molar-refractivity contribution in [3.8, 4) is 0 Å². The maximum atomic E-state index is 12.2. The fourth-order valence-electron chi connectivity index (χ4n) is 4.75. The normalized spacial score (nSPS) is 22.3. The van der Waals surface area contributed by atoms with E-state index in [0.29, 0.717) is 18.2 Å². The molecule has 2 fully saturated rings. The second-order valence-corrected chi connectivity index (χ2v) is 8.99. The van der Waals surface area contributed by atoms with Gasteiger partial charge in [-0.05, 0) is 56.2 Å². The van der Waals surface area contributed by atoms with Gasteiger partial charge in [-0.25, -0.2) is 0 Å². The molecule has 2 aliphatic rings. The van der Waals surface area contributed by atoms with Gasteiger partial charge in [-0.3, -0.25) is 9.48 Å². The van der Waals surface area contributed by atoms with Crippen LogP contribution in [0.2, 0.25) is 0 Å². The monoisotopic (exact) mass is 410 g/mol. The second-order valence-electron chi connectivity index (χ2n) is 8.99. The lowest BCUT2D eigenvalue weighted by atomic mass is 9.88. The third kappa shape index (κ3) is 5.10. The van der Waals surface area contributed by atoms with E-state index in [9.17, 15) is 4.79 Å². The highest BCUT2D eigenvalue weighted by atomic mass is 16.5. The van der Waals surface area contributed by atoms with Crippen molar-refractivity contribution < 1.29 is 9.53 Å². The number of carbonyl (C=O) groups excluding carboxylic acids is 1. The second kappa shape index (κ2) is 9.31. The van der Waals surface area contributed by atoms with Gasteiger partial charge in [0.1, 0.15) is 5.69 Å². The number of hydrogen-bond donors (Lipinski definition) is 1. The first kappa shape index (κ1) is 21.1. The lowest BCUT2D eigenvalue weighted by molar-refractivity contribution is -0.0755. The van der Waals surface area contributed by atoms with Gasteiger partial charge in [-0.15, -0.1) is 0 Å². The summed E-state index contributed by atoms with van der Waals surface area (Å²) in [5.41, 5.74) is 1.91. The molecule has 1 aromatic heterocycles. The first-order valence-corrected chi connectivity index (χ1v) is 11.3. The molecule has 2 aromatic rings. The van der Waals surface area contributed by atoms with Crippen LogP contribution in [-0.2, 0) is 11.8 Å². The molecule has 0 unspecified atom stereocenters. The number of benzene rings is 1. The molecule has 3 heterocycles. The zero-order chi connectivity index (χ0) is 21.0. The number of carbonyl (C=O) groups is 1. The Bertz CT molecular complexity index is 827. The third-order valence-corrected chi connectivity index (χ3v) is 6.79. The van der Waals surface area contributed by atoms with Gasteiger partial charge in [0.15, 0.2) is 0 Å². The minimum absolute atomic E-state index is 0.0158. The molecule has 6 heteroatoms. The summed E-state index contributed by atoms with van der Waals surface area (Å²) in [4.78, 5) is 14.8. The summed E-state index contributed by atoms with van der Waals surface area (Å²) in [6, 6.07) is 12.5. The number of piperidine rings is 1. The van der Waals surface area contributed by atoms with Crippen LogP contribution in [0.4, 0.5) is 0 Å². The molecule has 2 saturated heterocycles. The molecular formula is C24H34N4O2. The first-order chi connectivity index (χ1) is 14.5. The Morgan fingerprint density at radius 1 is 1.23 bits per heavy atom. The minimum Gasteiger partial charge on any atom is -0.370 e. The summed E-state index contributed by atoms with van der Waals surface area (Å²) in [5.74, 6) is 0.472. The molecule has 1 N–H and O–H groups in total. The SMILES string of the molecule is C[C@H](CCN1CCC2(CC[C@H](CNC(=O)c3ccn(C)n3)O2)CC1)c1ccccc1. The van der Waals surface area contributed by atoms with Crippen molar-refractivity contribution in [2.45, 2.75) is 56.7 Å². The van der Waals surface area contributed by atoms with E-state index in [2.05, 4.69) is 52.6 Å². The highest BCUT2D eigenvalue weighted by molar-refractivity contribution is 5.92. The van der Waals surface area contributed by atoms with Gasteiger partial charge in [0, 0.05) is 32.9 Å². The van der Waals surface area contributed by atoms with Crippen LogP contribution in [0.5, 0.6) is 0 Å². The summed E-state index contributed by atoms with van der Waals surface area (Å²) >= 11 is 0. The maximum absolute atomic E-state index is 12.2. The number of ether oxygens (including phenoxy) is 1. The standard InChI is InChI=1S/C24H34N4O2/c1-19(20-6-4-3-5-7-20)9-15-28-16-12-24(13-17-28)11-8-21(30-24)18-25-23(29)22-10-14-27(2)26-22/h3-7,10,14,19,21H,8-9,11-13,15-18H2,1-2H3,(H,25,29)/t19-,21-/m1/s1. The third-order valence-electron chi connectivity index (χ3n) is 6.79. The van der Waals surface area contributed by atoms with Crippen molar-refractivity contribution in [3.05, 3.63) is 53.9 Å². The molecule has 2 aliphatic heterocycles. The highest BCUT2D eigenvalue weighted by Crippen LogP contribution is 2.39. The molecule has 2 atom stereocenters. The van der Waals surface area contributed by atoms with Gasteiger partial charge in [0.2, 0.25) is 0 Å². The van der Waals surface area contributed by atoms with Gasteiger partial charge in [-0.2, -0.15) is 5.10 Å². The van der Waals surface area contributed by atoms with Crippen LogP contribution >= 0.6 is 0 Å². The fourth-order valence-corrected chi connectivity index (χ4v) is 4.75. The molecule has 0 saturated carbocycles. The molecule has 0 radical (unpaired) electrons. The van der Waals surface area contributed by atoms with E-state index in [-0.39, 0.29) is 17.6 Å². The number of aromatic nitrogens is 2. The summed E-state index contributed by atoms with van der Waals surface area (Å²) in [5, 5.41) is 7.14. The Hall–Kier alpha value is -2.18. The average molecular weight is 411 g/mol. The summed E-state index contributed by atoms with van der Waals surface area (Å²) in [7, 11) is 1.81. The smallest absolute Gasteiger partial charge is 0.271 e. The van der Waals surface area contributed by atoms with Crippen molar-refractivity contribution in [1.29, 1.82) is 0 Å². The molecule has 30 heavy (non-hydrogen) atoms. The molecule has 6 nitrogen and oxygen atoms in total. The topological polar surface area (TPSA) is 59.4 Å². The van der Waals surface area contributed by atoms with E-state index in [0.717, 1.165) is 45.3 Å². The number of likely N-dealkylation sites (tertiary alicyclic amines) is 1. The summed E-state index contributed by atoms with van der Waals surface area (Å²) in [6.07, 6.45) is 7.40. The Balaban J connectivity index is 1.18. The number of rotatable bonds is 7. The lowest BCUT2D eigenvalue weighted by Gasteiger charge is -2.39. The Labute approximate surface area is 179 Å². The predicted octanol–water partition coefficient (Wildman–Crippen LogP) is 3.36. The lowest BCUT2D eigenvalue weighted by Crippen LogP contribution is -2.45. The fraction of sp³-hybridized carbons (Fsp3) is 0.583. The molecule has 1 aromatic carbocycles. The summed E-state index contributed by atoms with van der Waals surface area (Å²) < 4.78 is 8.10. The van der Waals surface area contributed by atoms with Crippen LogP contribution in [0.25, 0.3) is 0 Å². The van der Waals surface area contributed by atoms with Crippen LogP contribution in [0.1, 0.15) is 61.0 Å². The molecule has 162 valence electrons. The van der Waals surface area contributed by atoms with Crippen molar-refractivity contribution in [2.24, 2.45) is 7.05 Å². The average Bonchev–Trinajstić information content (AvgIpc) is 3.39. The van der Waals surface area contributed by atoms with E-state index in [4.69, 9.17) is 4.74 Å². The molecule has 0 bridgehead atoms. The molecule has 4 rings (SSSR count). The van der Waals surface area contributed by atoms with Crippen molar-refractivity contribution in [2.75, 3.05) is 26.2 Å². The van der Waals surface area contributed by atoms with E-state index in [1.54, 1.807) is 16.9 Å². The predicted molar refractivity (Wildman–Crippen MR) is 118 cm³/mol. The van der Waals surface area contributed by atoms with Crippen LogP contribution < -0.4 is 5.32 Å².